The summed E-state index contributed by atoms with van der Waals surface area (Å²) in [5, 5.41) is 0.0815. The molecule has 1 aromatic heterocycles. The molecule has 0 aliphatic rings. The molecule has 110 valence electrons. The lowest BCUT2D eigenvalue weighted by atomic mass is 10.3. The van der Waals surface area contributed by atoms with Crippen LogP contribution in [0.2, 0.25) is 5.02 Å². The van der Waals surface area contributed by atoms with Crippen molar-refractivity contribution in [1.29, 1.82) is 0 Å². The minimum Gasteiger partial charge on any atom is -0.377 e. The highest BCUT2D eigenvalue weighted by Crippen LogP contribution is 2.24. The van der Waals surface area contributed by atoms with Gasteiger partial charge in [-0.2, -0.15) is 0 Å². The normalized spacial score (nSPS) is 11.7. The number of nitrogens with zero attached hydrogens (tertiary/aromatic N) is 2. The van der Waals surface area contributed by atoms with E-state index in [-0.39, 0.29) is 11.1 Å². The Morgan fingerprint density at radius 2 is 2.15 bits per heavy atom. The molecule has 2 aromatic rings. The summed E-state index contributed by atoms with van der Waals surface area (Å²) < 4.78 is 21.1. The van der Waals surface area contributed by atoms with E-state index in [2.05, 4.69) is 4.98 Å². The van der Waals surface area contributed by atoms with Gasteiger partial charge in [0, 0.05) is 24.9 Å². The number of rotatable bonds is 6. The lowest BCUT2D eigenvalue weighted by Crippen LogP contribution is -2.13. The third kappa shape index (κ3) is 3.43. The van der Waals surface area contributed by atoms with Crippen LogP contribution < -0.4 is 0 Å². The molecule has 0 amide bonds. The summed E-state index contributed by atoms with van der Waals surface area (Å²) in [5.74, 6) is 0.844. The fraction of sp³-hybridized carbons (Fsp3) is 0.500. The molecule has 0 radical (unpaired) electrons. The molecule has 0 aliphatic heterocycles. The van der Waals surface area contributed by atoms with Crippen molar-refractivity contribution >= 4 is 34.2 Å². The van der Waals surface area contributed by atoms with Crippen LogP contribution in [0.4, 0.5) is 4.39 Å². The summed E-state index contributed by atoms with van der Waals surface area (Å²) in [6, 6.07) is 2.96. The first-order valence-electron chi connectivity index (χ1n) is 6.54. The Kier molecular flexibility index (Phi) is 5.24. The van der Waals surface area contributed by atoms with Crippen molar-refractivity contribution in [1.82, 2.24) is 9.55 Å². The number of aryl methyl sites for hydroxylation is 1. The van der Waals surface area contributed by atoms with E-state index in [0.29, 0.717) is 31.0 Å². The molecule has 3 nitrogen and oxygen atoms in total. The molecule has 0 unspecified atom stereocenters. The Morgan fingerprint density at radius 3 is 2.80 bits per heavy atom. The largest absolute Gasteiger partial charge is 0.377 e. The Hall–Kier alpha value is -0.840. The van der Waals surface area contributed by atoms with Crippen LogP contribution in [0.3, 0.4) is 0 Å². The molecular weight excluding hydrogens is 302 g/mol. The standard InChI is InChI=1S/C14H17Cl2FN2O/c1-9(2)20-6-5-19-13-8-11(17)10(16)7-12(13)18-14(19)3-4-15/h7-9H,3-6H2,1-2H3. The van der Waals surface area contributed by atoms with E-state index in [9.17, 15) is 4.39 Å². The predicted octanol–water partition coefficient (Wildman–Crippen LogP) is 4.04. The molecule has 0 saturated carbocycles. The molecule has 1 aromatic carbocycles. The number of alkyl halides is 1. The summed E-state index contributed by atoms with van der Waals surface area (Å²) in [6.45, 7) is 5.11. The minimum atomic E-state index is -0.442. The SMILES string of the molecule is CC(C)OCCn1c(CCCl)nc2cc(Cl)c(F)cc21. The van der Waals surface area contributed by atoms with Crippen LogP contribution in [-0.2, 0) is 17.7 Å². The van der Waals surface area contributed by atoms with Gasteiger partial charge in [-0.15, -0.1) is 11.6 Å². The molecule has 0 aliphatic carbocycles. The molecule has 0 spiro atoms. The van der Waals surface area contributed by atoms with Gasteiger partial charge in [0.15, 0.2) is 0 Å². The molecule has 1 heterocycles. The van der Waals surface area contributed by atoms with Crippen molar-refractivity contribution in [3.63, 3.8) is 0 Å². The molecule has 0 N–H and O–H groups in total. The first-order chi connectivity index (χ1) is 9.52. The number of fused-ring (bicyclic) bond motifs is 1. The monoisotopic (exact) mass is 318 g/mol. The second-order valence-corrected chi connectivity index (χ2v) is 5.58. The van der Waals surface area contributed by atoms with Crippen LogP contribution in [-0.4, -0.2) is 28.1 Å². The number of aromatic nitrogens is 2. The van der Waals surface area contributed by atoms with Crippen LogP contribution in [0, 0.1) is 5.82 Å². The highest BCUT2D eigenvalue weighted by atomic mass is 35.5. The lowest BCUT2D eigenvalue weighted by molar-refractivity contribution is 0.0729. The Bertz CT molecular complexity index is 598. The summed E-state index contributed by atoms with van der Waals surface area (Å²) in [6.07, 6.45) is 0.782. The quantitative estimate of drug-likeness (QED) is 0.752. The maximum Gasteiger partial charge on any atom is 0.144 e. The van der Waals surface area contributed by atoms with Crippen molar-refractivity contribution in [2.75, 3.05) is 12.5 Å². The van der Waals surface area contributed by atoms with Crippen molar-refractivity contribution in [2.24, 2.45) is 0 Å². The zero-order chi connectivity index (χ0) is 14.7. The fourth-order valence-corrected chi connectivity index (χ4v) is 2.40. The Morgan fingerprint density at radius 1 is 1.40 bits per heavy atom. The summed E-state index contributed by atoms with van der Waals surface area (Å²) >= 11 is 11.6. The van der Waals surface area contributed by atoms with Crippen LogP contribution in [0.25, 0.3) is 11.0 Å². The number of hydrogen-bond donors (Lipinski definition) is 0. The van der Waals surface area contributed by atoms with E-state index < -0.39 is 5.82 Å². The fourth-order valence-electron chi connectivity index (χ4n) is 2.07. The van der Waals surface area contributed by atoms with Crippen LogP contribution in [0.1, 0.15) is 19.7 Å². The van der Waals surface area contributed by atoms with E-state index in [0.717, 1.165) is 11.3 Å². The first kappa shape index (κ1) is 15.5. The van der Waals surface area contributed by atoms with Gasteiger partial charge < -0.3 is 9.30 Å². The van der Waals surface area contributed by atoms with Gasteiger partial charge in [-0.3, -0.25) is 0 Å². The van der Waals surface area contributed by atoms with E-state index in [1.165, 1.54) is 6.07 Å². The van der Waals surface area contributed by atoms with Gasteiger partial charge in [0.05, 0.1) is 28.8 Å². The third-order valence-corrected chi connectivity index (χ3v) is 3.43. The predicted molar refractivity (Wildman–Crippen MR) is 80.2 cm³/mol. The second-order valence-electron chi connectivity index (χ2n) is 4.79. The molecule has 6 heteroatoms. The highest BCUT2D eigenvalue weighted by molar-refractivity contribution is 6.31. The maximum absolute atomic E-state index is 13.6. The van der Waals surface area contributed by atoms with Crippen molar-refractivity contribution < 1.29 is 9.13 Å². The zero-order valence-corrected chi connectivity index (χ0v) is 13.0. The van der Waals surface area contributed by atoms with Gasteiger partial charge in [-0.05, 0) is 19.9 Å². The molecule has 0 fully saturated rings. The average molecular weight is 319 g/mol. The van der Waals surface area contributed by atoms with Crippen LogP contribution >= 0.6 is 23.2 Å². The van der Waals surface area contributed by atoms with E-state index >= 15 is 0 Å². The minimum absolute atomic E-state index is 0.0815. The van der Waals surface area contributed by atoms with Crippen molar-refractivity contribution in [2.45, 2.75) is 32.9 Å². The van der Waals surface area contributed by atoms with E-state index in [1.807, 2.05) is 18.4 Å². The Labute approximate surface area is 127 Å². The van der Waals surface area contributed by atoms with Crippen LogP contribution in [0.5, 0.6) is 0 Å². The Balaban J connectivity index is 2.37. The third-order valence-electron chi connectivity index (χ3n) is 2.95. The highest BCUT2D eigenvalue weighted by Gasteiger charge is 2.13. The van der Waals surface area contributed by atoms with Gasteiger partial charge in [-0.25, -0.2) is 9.37 Å². The van der Waals surface area contributed by atoms with Gasteiger partial charge in [-0.1, -0.05) is 11.6 Å². The van der Waals surface area contributed by atoms with Crippen LogP contribution in [0.15, 0.2) is 12.1 Å². The summed E-state index contributed by atoms with van der Waals surface area (Å²) in [5.41, 5.74) is 1.40. The van der Waals surface area contributed by atoms with Crippen molar-refractivity contribution in [3.8, 4) is 0 Å². The van der Waals surface area contributed by atoms with Gasteiger partial charge >= 0.3 is 0 Å². The molecule has 0 bridgehead atoms. The van der Waals surface area contributed by atoms with Crippen molar-refractivity contribution in [3.05, 3.63) is 28.8 Å². The number of benzene rings is 1. The second kappa shape index (κ2) is 6.74. The molecule has 2 rings (SSSR count). The molecule has 20 heavy (non-hydrogen) atoms. The zero-order valence-electron chi connectivity index (χ0n) is 11.5. The summed E-state index contributed by atoms with van der Waals surface area (Å²) in [7, 11) is 0. The smallest absolute Gasteiger partial charge is 0.144 e. The topological polar surface area (TPSA) is 27.1 Å². The maximum atomic E-state index is 13.6. The van der Waals surface area contributed by atoms with Gasteiger partial charge in [0.2, 0.25) is 0 Å². The van der Waals surface area contributed by atoms with E-state index in [1.54, 1.807) is 6.07 Å². The molecule has 0 saturated heterocycles. The van der Waals surface area contributed by atoms with E-state index in [4.69, 9.17) is 27.9 Å². The molecular formula is C14H17Cl2FN2O. The number of imidazole rings is 1. The number of halogens is 3. The average Bonchev–Trinajstić information content (AvgIpc) is 2.68. The van der Waals surface area contributed by atoms with Gasteiger partial charge in [0.25, 0.3) is 0 Å². The number of ether oxygens (including phenoxy) is 1. The first-order valence-corrected chi connectivity index (χ1v) is 7.46. The molecule has 0 atom stereocenters. The lowest BCUT2D eigenvalue weighted by Gasteiger charge is -2.11. The number of hydrogen-bond acceptors (Lipinski definition) is 2. The summed E-state index contributed by atoms with van der Waals surface area (Å²) in [4.78, 5) is 4.47. The van der Waals surface area contributed by atoms with Gasteiger partial charge in [0.1, 0.15) is 11.6 Å².